The zero-order valence-electron chi connectivity index (χ0n) is 21.3. The Balaban J connectivity index is 1.15. The molecule has 8 heteroatoms. The second kappa shape index (κ2) is 9.65. The molecule has 3 aromatic rings. The highest BCUT2D eigenvalue weighted by Gasteiger charge is 2.72. The van der Waals surface area contributed by atoms with E-state index in [1.165, 1.54) is 4.90 Å². The molecule has 7 rings (SSSR count). The van der Waals surface area contributed by atoms with E-state index in [1.807, 2.05) is 67.6 Å². The fourth-order valence-corrected chi connectivity index (χ4v) is 7.85. The van der Waals surface area contributed by atoms with Crippen LogP contribution in [-0.2, 0) is 24.1 Å². The van der Waals surface area contributed by atoms with Crippen molar-refractivity contribution in [3.63, 3.8) is 0 Å². The number of benzene rings is 3. The van der Waals surface area contributed by atoms with Gasteiger partial charge in [-0.3, -0.25) is 19.3 Å². The molecular weight excluding hydrogens is 555 g/mol. The van der Waals surface area contributed by atoms with Gasteiger partial charge in [0.05, 0.1) is 11.8 Å². The van der Waals surface area contributed by atoms with Crippen LogP contribution in [0, 0.1) is 18.8 Å². The maximum absolute atomic E-state index is 13.8. The van der Waals surface area contributed by atoms with Crippen LogP contribution in [0.5, 0.6) is 0 Å². The normalized spacial score (nSPS) is 26.3. The third kappa shape index (κ3) is 3.85. The number of rotatable bonds is 7. The van der Waals surface area contributed by atoms with Crippen molar-refractivity contribution in [2.24, 2.45) is 11.8 Å². The molecule has 39 heavy (non-hydrogen) atoms. The summed E-state index contributed by atoms with van der Waals surface area (Å²) in [6, 6.07) is 20.7. The number of unbranched alkanes of at least 4 members (excludes halogenated alkanes) is 2. The zero-order chi connectivity index (χ0) is 27.5. The second-order valence-corrected chi connectivity index (χ2v) is 12.2. The van der Waals surface area contributed by atoms with Crippen molar-refractivity contribution in [3.05, 3.63) is 99.6 Å². The lowest BCUT2D eigenvalue weighted by Crippen LogP contribution is -2.57. The number of likely N-dealkylation sites (tertiary alicyclic amines) is 1. The van der Waals surface area contributed by atoms with E-state index < -0.39 is 21.6 Å². The quantitative estimate of drug-likeness (QED) is 0.191. The van der Waals surface area contributed by atoms with Gasteiger partial charge in [-0.2, -0.15) is 0 Å². The Morgan fingerprint density at radius 2 is 1.33 bits per heavy atom. The van der Waals surface area contributed by atoms with Gasteiger partial charge in [-0.1, -0.05) is 72.6 Å². The van der Waals surface area contributed by atoms with E-state index in [-0.39, 0.29) is 24.3 Å². The molecule has 0 unspecified atom stereocenters. The Labute approximate surface area is 242 Å². The molecule has 1 N–H and O–H groups in total. The zero-order valence-corrected chi connectivity index (χ0v) is 23.6. The number of halogens is 3. The highest BCUT2D eigenvalue weighted by atomic mass is 35.5. The monoisotopic (exact) mass is 580 g/mol. The topological polar surface area (TPSA) is 66.5 Å². The summed E-state index contributed by atoms with van der Waals surface area (Å²) in [5.41, 5.74) is 4.79. The Morgan fingerprint density at radius 1 is 0.821 bits per heavy atom. The summed E-state index contributed by atoms with van der Waals surface area (Å²) in [6.07, 6.45) is 2.24. The average molecular weight is 582 g/mol. The van der Waals surface area contributed by atoms with E-state index in [0.29, 0.717) is 36.4 Å². The van der Waals surface area contributed by atoms with Crippen molar-refractivity contribution in [2.75, 3.05) is 11.9 Å². The molecule has 4 aliphatic rings. The second-order valence-electron chi connectivity index (χ2n) is 10.6. The summed E-state index contributed by atoms with van der Waals surface area (Å²) < 4.78 is 0. The smallest absolute Gasteiger partial charge is 0.235 e. The first kappa shape index (κ1) is 26.4. The molecule has 0 radical (unpaired) electrons. The van der Waals surface area contributed by atoms with Crippen LogP contribution in [0.3, 0.4) is 0 Å². The number of hydrogen-bond acceptors (Lipinski definition) is 3. The van der Waals surface area contributed by atoms with Gasteiger partial charge in [0.15, 0.2) is 0 Å². The number of aryl methyl sites for hydroxylation is 1. The summed E-state index contributed by atoms with van der Waals surface area (Å²) in [5.74, 6) is -2.21. The van der Waals surface area contributed by atoms with Gasteiger partial charge in [-0.05, 0) is 59.7 Å². The van der Waals surface area contributed by atoms with E-state index in [0.717, 1.165) is 27.8 Å². The number of hydrogen-bond donors (Lipinski definition) is 1. The van der Waals surface area contributed by atoms with Gasteiger partial charge in [-0.15, -0.1) is 23.2 Å². The Hall–Kier alpha value is -2.86. The van der Waals surface area contributed by atoms with Gasteiger partial charge < -0.3 is 5.32 Å². The minimum atomic E-state index is -1.16. The van der Waals surface area contributed by atoms with Crippen LogP contribution in [-0.4, -0.2) is 29.2 Å². The molecular formula is C31H27Cl3N2O3. The Morgan fingerprint density at radius 3 is 1.82 bits per heavy atom. The predicted molar refractivity (Wildman–Crippen MR) is 153 cm³/mol. The number of amides is 3. The first-order valence-electron chi connectivity index (χ1n) is 13.2. The maximum atomic E-state index is 13.8. The van der Waals surface area contributed by atoms with E-state index in [4.69, 9.17) is 34.8 Å². The minimum absolute atomic E-state index is 0.102. The Kier molecular flexibility index (Phi) is 6.53. The first-order valence-corrected chi connectivity index (χ1v) is 14.3. The summed E-state index contributed by atoms with van der Waals surface area (Å²) >= 11 is 21.0. The summed E-state index contributed by atoms with van der Waals surface area (Å²) in [5, 5.41) is 3.46. The molecule has 3 aliphatic carbocycles. The number of carbonyl (C=O) groups is 3. The number of anilines is 1. The average Bonchev–Trinajstić information content (AvgIpc) is 3.19. The number of imide groups is 1. The molecule has 0 saturated carbocycles. The van der Waals surface area contributed by atoms with Crippen molar-refractivity contribution in [1.82, 2.24) is 4.90 Å². The molecule has 1 heterocycles. The van der Waals surface area contributed by atoms with Crippen molar-refractivity contribution in [3.8, 4) is 0 Å². The van der Waals surface area contributed by atoms with Crippen molar-refractivity contribution >= 4 is 58.2 Å². The van der Waals surface area contributed by atoms with Crippen LogP contribution < -0.4 is 5.32 Å². The minimum Gasteiger partial charge on any atom is -0.326 e. The molecule has 2 bridgehead atoms. The largest absolute Gasteiger partial charge is 0.326 e. The highest BCUT2D eigenvalue weighted by molar-refractivity contribution is 6.36. The number of nitrogens with zero attached hydrogens (tertiary/aromatic N) is 1. The van der Waals surface area contributed by atoms with Gasteiger partial charge in [0, 0.05) is 23.7 Å². The van der Waals surface area contributed by atoms with Crippen molar-refractivity contribution in [1.29, 1.82) is 0 Å². The standard InChI is InChI=1S/C31H27Cl3N2O3/c1-18-14-15-19(17-24(18)32)35-25(37)13-3-2-8-16-36-28(38)26-27(29(36)39)31(34)21-10-5-4-9-20(21)30(26,33)22-11-6-7-12-23(22)31/h4-7,9-12,14-15,17,26-27H,2-3,8,13,16H2,1H3,(H,35,37)/t26-,27+,30?,31?. The lowest BCUT2D eigenvalue weighted by Gasteiger charge is -2.54. The molecule has 1 fully saturated rings. The van der Waals surface area contributed by atoms with E-state index in [1.54, 1.807) is 6.07 Å². The summed E-state index contributed by atoms with van der Waals surface area (Å²) in [6.45, 7) is 2.17. The first-order chi connectivity index (χ1) is 18.7. The molecule has 3 amide bonds. The molecule has 0 spiro atoms. The lowest BCUT2D eigenvalue weighted by molar-refractivity contribution is -0.140. The van der Waals surface area contributed by atoms with Crippen LogP contribution in [0.4, 0.5) is 5.69 Å². The molecule has 1 saturated heterocycles. The van der Waals surface area contributed by atoms with Crippen LogP contribution in [0.1, 0.15) is 53.5 Å². The predicted octanol–water partition coefficient (Wildman–Crippen LogP) is 6.74. The summed E-state index contributed by atoms with van der Waals surface area (Å²) in [7, 11) is 0. The van der Waals surface area contributed by atoms with Gasteiger partial charge in [-0.25, -0.2) is 0 Å². The molecule has 5 nitrogen and oxygen atoms in total. The van der Waals surface area contributed by atoms with E-state index >= 15 is 0 Å². The van der Waals surface area contributed by atoms with Gasteiger partial charge in [0.1, 0.15) is 9.75 Å². The fraction of sp³-hybridized carbons (Fsp3) is 0.323. The maximum Gasteiger partial charge on any atom is 0.235 e. The van der Waals surface area contributed by atoms with Crippen molar-refractivity contribution in [2.45, 2.75) is 42.4 Å². The molecule has 200 valence electrons. The summed E-state index contributed by atoms with van der Waals surface area (Å²) in [4.78, 5) is 39.0. The number of alkyl halides is 2. The third-order valence-electron chi connectivity index (χ3n) is 8.42. The van der Waals surface area contributed by atoms with Crippen LogP contribution in [0.25, 0.3) is 0 Å². The van der Waals surface area contributed by atoms with Crippen LogP contribution >= 0.6 is 34.8 Å². The third-order valence-corrected chi connectivity index (χ3v) is 10.1. The Bertz CT molecular complexity index is 1400. The van der Waals surface area contributed by atoms with E-state index in [2.05, 4.69) is 5.32 Å². The van der Waals surface area contributed by atoms with Crippen LogP contribution in [0.2, 0.25) is 5.02 Å². The molecule has 3 aromatic carbocycles. The molecule has 2 atom stereocenters. The number of carbonyl (C=O) groups excluding carboxylic acids is 3. The van der Waals surface area contributed by atoms with E-state index in [9.17, 15) is 14.4 Å². The highest BCUT2D eigenvalue weighted by Crippen LogP contribution is 2.69. The van der Waals surface area contributed by atoms with Gasteiger partial charge in [0.25, 0.3) is 0 Å². The van der Waals surface area contributed by atoms with Crippen molar-refractivity contribution < 1.29 is 14.4 Å². The van der Waals surface area contributed by atoms with Gasteiger partial charge >= 0.3 is 0 Å². The fourth-order valence-electron chi connectivity index (χ4n) is 6.57. The van der Waals surface area contributed by atoms with Crippen LogP contribution in [0.15, 0.2) is 66.7 Å². The molecule has 0 aromatic heterocycles. The SMILES string of the molecule is Cc1ccc(NC(=O)CCCCCN2C(=O)[C@@H]3[C@H](C2=O)C2(Cl)c4ccccc4C3(Cl)c3ccccc32)cc1Cl. The number of nitrogens with one attached hydrogen (secondary N) is 1. The lowest BCUT2D eigenvalue weighted by atomic mass is 9.54. The van der Waals surface area contributed by atoms with Gasteiger partial charge in [0.2, 0.25) is 17.7 Å². The molecule has 1 aliphatic heterocycles.